The second-order valence-corrected chi connectivity index (χ2v) is 11.2. The van der Waals surface area contributed by atoms with Crippen molar-refractivity contribution in [1.82, 2.24) is 24.6 Å². The van der Waals surface area contributed by atoms with Crippen molar-refractivity contribution in [3.8, 4) is 33.6 Å². The van der Waals surface area contributed by atoms with Crippen LogP contribution in [-0.4, -0.2) is 57.0 Å². The van der Waals surface area contributed by atoms with Crippen molar-refractivity contribution in [2.24, 2.45) is 0 Å². The third-order valence-electron chi connectivity index (χ3n) is 8.13. The number of carbonyl (C=O) groups excluding carboxylic acids is 1. The van der Waals surface area contributed by atoms with E-state index in [1.807, 2.05) is 65.5 Å². The first-order valence-electron chi connectivity index (χ1n) is 15.3. The number of aryl methyl sites for hydroxylation is 1. The van der Waals surface area contributed by atoms with E-state index >= 15 is 0 Å². The van der Waals surface area contributed by atoms with Crippen LogP contribution in [0.4, 0.5) is 16.2 Å². The van der Waals surface area contributed by atoms with Crippen LogP contribution in [-0.2, 0) is 17.8 Å². The maximum atomic E-state index is 12.5. The van der Waals surface area contributed by atoms with Crippen molar-refractivity contribution in [3.05, 3.63) is 109 Å². The largest absolute Gasteiger partial charge is 0.379 e. The molecule has 0 radical (unpaired) electrons. The molecule has 9 nitrogen and oxygen atoms in total. The topological polar surface area (TPSA) is 100 Å². The Morgan fingerprint density at radius 1 is 0.867 bits per heavy atom. The molecule has 3 N–H and O–H groups in total. The Hall–Kier alpha value is -5.25. The monoisotopic (exact) mass is 597 g/mol. The average molecular weight is 598 g/mol. The highest BCUT2D eigenvalue weighted by Crippen LogP contribution is 2.37. The van der Waals surface area contributed by atoms with Crippen molar-refractivity contribution >= 4 is 28.4 Å². The molecule has 3 aromatic heterocycles. The van der Waals surface area contributed by atoms with Crippen molar-refractivity contribution in [2.75, 3.05) is 36.9 Å². The summed E-state index contributed by atoms with van der Waals surface area (Å²) in [5.41, 5.74) is 9.63. The number of amides is 2. The first kappa shape index (κ1) is 28.5. The van der Waals surface area contributed by atoms with Crippen LogP contribution in [0.1, 0.15) is 12.5 Å². The lowest BCUT2D eigenvalue weighted by Gasteiger charge is -2.26. The highest BCUT2D eigenvalue weighted by molar-refractivity contribution is 6.01. The molecule has 7 rings (SSSR count). The molecule has 4 heterocycles. The van der Waals surface area contributed by atoms with Crippen LogP contribution in [0.5, 0.6) is 0 Å². The lowest BCUT2D eigenvalue weighted by atomic mass is 10.00. The molecule has 0 atom stereocenters. The summed E-state index contributed by atoms with van der Waals surface area (Å²) in [5, 5.41) is 11.7. The Labute approximate surface area is 261 Å². The summed E-state index contributed by atoms with van der Waals surface area (Å²) in [6.07, 6.45) is 3.94. The number of hydrogen-bond acceptors (Lipinski definition) is 5. The zero-order chi connectivity index (χ0) is 30.6. The number of H-pyrrole nitrogens is 1. The van der Waals surface area contributed by atoms with E-state index in [0.29, 0.717) is 5.69 Å². The fourth-order valence-corrected chi connectivity index (χ4v) is 5.74. The Balaban J connectivity index is 1.14. The van der Waals surface area contributed by atoms with Gasteiger partial charge in [-0.3, -0.25) is 9.58 Å². The van der Waals surface area contributed by atoms with E-state index in [2.05, 4.69) is 75.0 Å². The average Bonchev–Trinajstić information content (AvgIpc) is 3.71. The number of rotatable bonds is 8. The lowest BCUT2D eigenvalue weighted by molar-refractivity contribution is 0.0342. The molecule has 0 aliphatic carbocycles. The van der Waals surface area contributed by atoms with Crippen molar-refractivity contribution in [3.63, 3.8) is 0 Å². The summed E-state index contributed by atoms with van der Waals surface area (Å²) in [6, 6.07) is 29.9. The van der Waals surface area contributed by atoms with Gasteiger partial charge in [0.05, 0.1) is 13.2 Å². The van der Waals surface area contributed by atoms with Crippen LogP contribution in [0, 0.1) is 0 Å². The molecule has 1 fully saturated rings. The molecule has 2 amide bonds. The molecule has 9 heteroatoms. The molecule has 1 aliphatic heterocycles. The highest BCUT2D eigenvalue weighted by atomic mass is 16.5. The molecule has 3 aromatic carbocycles. The Morgan fingerprint density at radius 2 is 1.58 bits per heavy atom. The van der Waals surface area contributed by atoms with Gasteiger partial charge in [0.2, 0.25) is 0 Å². The van der Waals surface area contributed by atoms with Crippen LogP contribution in [0.15, 0.2) is 103 Å². The number of nitrogens with zero attached hydrogens (tertiary/aromatic N) is 4. The number of nitrogens with one attached hydrogen (secondary N) is 3. The van der Waals surface area contributed by atoms with Gasteiger partial charge in [0, 0.05) is 72.2 Å². The van der Waals surface area contributed by atoms with Gasteiger partial charge in [0.1, 0.15) is 11.3 Å². The van der Waals surface area contributed by atoms with E-state index < -0.39 is 0 Å². The summed E-state index contributed by atoms with van der Waals surface area (Å²) in [4.78, 5) is 23.1. The summed E-state index contributed by atoms with van der Waals surface area (Å²) >= 11 is 0. The van der Waals surface area contributed by atoms with E-state index in [-0.39, 0.29) is 6.03 Å². The number of benzene rings is 3. The lowest BCUT2D eigenvalue weighted by Crippen LogP contribution is -2.35. The van der Waals surface area contributed by atoms with E-state index in [1.165, 1.54) is 5.56 Å². The van der Waals surface area contributed by atoms with Crippen LogP contribution in [0.3, 0.4) is 0 Å². The summed E-state index contributed by atoms with van der Waals surface area (Å²) in [6.45, 7) is 7.32. The number of hydrogen-bond donors (Lipinski definition) is 3. The second kappa shape index (κ2) is 12.8. The molecule has 0 saturated carbocycles. The van der Waals surface area contributed by atoms with Crippen LogP contribution in [0.2, 0.25) is 0 Å². The fourth-order valence-electron chi connectivity index (χ4n) is 5.74. The van der Waals surface area contributed by atoms with Gasteiger partial charge in [-0.1, -0.05) is 54.6 Å². The van der Waals surface area contributed by atoms with E-state index in [1.54, 1.807) is 0 Å². The molecule has 0 bridgehead atoms. The third-order valence-corrected chi connectivity index (χ3v) is 8.13. The summed E-state index contributed by atoms with van der Waals surface area (Å²) in [7, 11) is 0. The Kier molecular flexibility index (Phi) is 8.09. The highest BCUT2D eigenvalue weighted by Gasteiger charge is 2.18. The van der Waals surface area contributed by atoms with Crippen LogP contribution < -0.4 is 10.6 Å². The fraction of sp³-hybridized carbons (Fsp3) is 0.194. The maximum Gasteiger partial charge on any atom is 0.323 e. The normalized spacial score (nSPS) is 13.6. The summed E-state index contributed by atoms with van der Waals surface area (Å²) in [5.74, 6) is 0. The van der Waals surface area contributed by atoms with Gasteiger partial charge in [-0.25, -0.2) is 9.78 Å². The molecule has 1 aliphatic rings. The number of aromatic nitrogens is 4. The number of morpholine rings is 1. The van der Waals surface area contributed by atoms with Gasteiger partial charge in [-0.2, -0.15) is 5.10 Å². The number of aromatic amines is 1. The summed E-state index contributed by atoms with van der Waals surface area (Å²) < 4.78 is 7.44. The number of fused-ring (bicyclic) bond motifs is 1. The quantitative estimate of drug-likeness (QED) is 0.172. The zero-order valence-electron chi connectivity index (χ0n) is 25.2. The first-order chi connectivity index (χ1) is 22.1. The number of pyridine rings is 1. The van der Waals surface area contributed by atoms with Crippen molar-refractivity contribution < 1.29 is 9.53 Å². The first-order valence-corrected chi connectivity index (χ1v) is 15.3. The van der Waals surface area contributed by atoms with Gasteiger partial charge >= 0.3 is 6.03 Å². The minimum atomic E-state index is -0.293. The Morgan fingerprint density at radius 3 is 2.31 bits per heavy atom. The van der Waals surface area contributed by atoms with E-state index in [4.69, 9.17) is 9.84 Å². The SMILES string of the molecule is CCn1cc(-c2ccnc3[nH]c(-c4ccc(CN5CCOCC5)cc4)cc23)c(-c2ccc(NC(=O)Nc3ccccc3)cc2)n1. The van der Waals surface area contributed by atoms with E-state index in [0.717, 1.165) is 89.8 Å². The van der Waals surface area contributed by atoms with Gasteiger partial charge in [0.15, 0.2) is 0 Å². The standard InChI is InChI=1S/C36H35N7O2/c1-2-43-24-32(34(41-43)27-12-14-29(15-13-27)39-36(44)38-28-6-4-3-5-7-28)30-16-17-37-35-31(30)22-33(40-35)26-10-8-25(9-11-26)23-42-18-20-45-21-19-42/h3-17,22,24H,2,18-21,23H2,1H3,(H,37,40)(H2,38,39,44). The number of anilines is 2. The maximum absolute atomic E-state index is 12.5. The van der Waals surface area contributed by atoms with E-state index in [9.17, 15) is 4.79 Å². The molecule has 6 aromatic rings. The smallest absolute Gasteiger partial charge is 0.323 e. The number of urea groups is 1. The molecule has 45 heavy (non-hydrogen) atoms. The third kappa shape index (κ3) is 6.35. The predicted octanol–water partition coefficient (Wildman–Crippen LogP) is 7.26. The minimum Gasteiger partial charge on any atom is -0.379 e. The van der Waals surface area contributed by atoms with Crippen molar-refractivity contribution in [1.29, 1.82) is 0 Å². The molecule has 1 saturated heterocycles. The van der Waals surface area contributed by atoms with Crippen LogP contribution in [0.25, 0.3) is 44.7 Å². The number of ether oxygens (including phenoxy) is 1. The molecule has 226 valence electrons. The molecular formula is C36H35N7O2. The Bertz CT molecular complexity index is 1910. The minimum absolute atomic E-state index is 0.293. The van der Waals surface area contributed by atoms with Gasteiger partial charge in [0.25, 0.3) is 0 Å². The van der Waals surface area contributed by atoms with Gasteiger partial charge in [-0.05, 0) is 60.0 Å². The van der Waals surface area contributed by atoms with Gasteiger partial charge in [-0.15, -0.1) is 0 Å². The molecular weight excluding hydrogens is 562 g/mol. The zero-order valence-corrected chi connectivity index (χ0v) is 25.2. The number of carbonyl (C=O) groups is 1. The molecule has 0 spiro atoms. The molecule has 0 unspecified atom stereocenters. The second-order valence-electron chi connectivity index (χ2n) is 11.2. The predicted molar refractivity (Wildman–Crippen MR) is 179 cm³/mol. The van der Waals surface area contributed by atoms with Crippen LogP contribution >= 0.6 is 0 Å². The van der Waals surface area contributed by atoms with Crippen molar-refractivity contribution in [2.45, 2.75) is 20.0 Å². The van der Waals surface area contributed by atoms with Gasteiger partial charge < -0.3 is 20.4 Å². The number of para-hydroxylation sites is 1.